The second-order valence-electron chi connectivity index (χ2n) is 4.26. The smallest absolute Gasteiger partial charge is 0.260 e. The molecule has 1 saturated carbocycles. The lowest BCUT2D eigenvalue weighted by atomic mass is 10.2. The molecule has 84 valence electrons. The first-order valence-electron chi connectivity index (χ1n) is 5.22. The number of carbonyl (C=O) groups excluding carboxylic acids is 1. The number of hydrogen-bond donors (Lipinski definition) is 0. The fourth-order valence-electron chi connectivity index (χ4n) is 2.12. The summed E-state index contributed by atoms with van der Waals surface area (Å²) >= 11 is 0. The van der Waals surface area contributed by atoms with Crippen LogP contribution in [0.5, 0.6) is 0 Å². The Bertz CT molecular complexity index is 461. The zero-order valence-electron chi connectivity index (χ0n) is 8.49. The van der Waals surface area contributed by atoms with Crippen molar-refractivity contribution in [2.24, 2.45) is 5.92 Å². The van der Waals surface area contributed by atoms with Crippen LogP contribution in [0.4, 0.5) is 14.5 Å². The molecule has 1 aliphatic heterocycles. The van der Waals surface area contributed by atoms with Gasteiger partial charge in [-0.2, -0.15) is 0 Å². The summed E-state index contributed by atoms with van der Waals surface area (Å²) in [6, 6.07) is 1.83. The second-order valence-corrected chi connectivity index (χ2v) is 4.26. The molecule has 3 rings (SSSR count). The minimum Gasteiger partial charge on any atom is -0.310 e. The van der Waals surface area contributed by atoms with Crippen LogP contribution < -0.4 is 4.90 Å². The van der Waals surface area contributed by atoms with Crippen molar-refractivity contribution < 1.29 is 13.6 Å². The Hall–Kier alpha value is -1.52. The molecule has 1 atom stereocenters. The fraction of sp³-hybridized carbons (Fsp3) is 0.455. The molecule has 5 heteroatoms. The summed E-state index contributed by atoms with van der Waals surface area (Å²) in [6.07, 6.45) is 3.64. The van der Waals surface area contributed by atoms with Gasteiger partial charge in [0.05, 0.1) is 11.9 Å². The minimum atomic E-state index is -2.79. The van der Waals surface area contributed by atoms with E-state index >= 15 is 0 Å². The van der Waals surface area contributed by atoms with Crippen molar-refractivity contribution in [3.8, 4) is 0 Å². The van der Waals surface area contributed by atoms with Crippen molar-refractivity contribution >= 4 is 11.6 Å². The van der Waals surface area contributed by atoms with Gasteiger partial charge in [-0.25, -0.2) is 8.78 Å². The Morgan fingerprint density at radius 3 is 3.00 bits per heavy atom. The number of anilines is 1. The molecule has 1 fully saturated rings. The molecule has 1 unspecified atom stereocenters. The van der Waals surface area contributed by atoms with E-state index in [0.717, 1.165) is 12.0 Å². The molecule has 0 saturated heterocycles. The van der Waals surface area contributed by atoms with Crippen LogP contribution in [0.1, 0.15) is 12.0 Å². The van der Waals surface area contributed by atoms with Crippen LogP contribution in [-0.4, -0.2) is 23.4 Å². The van der Waals surface area contributed by atoms with Gasteiger partial charge in [0.25, 0.3) is 5.92 Å². The molecule has 1 amide bonds. The number of nitrogens with zero attached hydrogens (tertiary/aromatic N) is 2. The molecule has 0 radical (unpaired) electrons. The molecule has 2 aliphatic rings. The second kappa shape index (κ2) is 2.99. The molecule has 1 aliphatic carbocycles. The molecule has 0 bridgehead atoms. The van der Waals surface area contributed by atoms with Crippen LogP contribution in [0, 0.1) is 5.92 Å². The lowest BCUT2D eigenvalue weighted by Gasteiger charge is -2.16. The van der Waals surface area contributed by atoms with Crippen molar-refractivity contribution in [1.29, 1.82) is 0 Å². The largest absolute Gasteiger partial charge is 0.310 e. The maximum absolute atomic E-state index is 12.8. The first-order valence-corrected chi connectivity index (χ1v) is 5.22. The van der Waals surface area contributed by atoms with E-state index in [-0.39, 0.29) is 6.42 Å². The zero-order valence-corrected chi connectivity index (χ0v) is 8.49. The molecule has 1 aromatic rings. The molecule has 0 spiro atoms. The number of amides is 1. The van der Waals surface area contributed by atoms with E-state index in [9.17, 15) is 13.6 Å². The lowest BCUT2D eigenvalue weighted by molar-refractivity contribution is -0.121. The maximum atomic E-state index is 12.8. The molecule has 2 heterocycles. The van der Waals surface area contributed by atoms with Gasteiger partial charge < -0.3 is 4.90 Å². The van der Waals surface area contributed by atoms with Gasteiger partial charge in [-0.3, -0.25) is 9.78 Å². The molecule has 0 N–H and O–H groups in total. The van der Waals surface area contributed by atoms with E-state index in [0.29, 0.717) is 12.2 Å². The van der Waals surface area contributed by atoms with Gasteiger partial charge in [-0.05, 0) is 18.1 Å². The topological polar surface area (TPSA) is 33.2 Å². The van der Waals surface area contributed by atoms with Gasteiger partial charge >= 0.3 is 0 Å². The first kappa shape index (κ1) is 9.69. The summed E-state index contributed by atoms with van der Waals surface area (Å²) in [6.45, 7) is 0.492. The highest BCUT2D eigenvalue weighted by Gasteiger charge is 2.62. The Labute approximate surface area is 91.1 Å². The number of fused-ring (bicyclic) bond motifs is 1. The van der Waals surface area contributed by atoms with Crippen molar-refractivity contribution in [2.45, 2.75) is 18.8 Å². The third-order valence-corrected chi connectivity index (χ3v) is 3.17. The van der Waals surface area contributed by atoms with Crippen LogP contribution >= 0.6 is 0 Å². The van der Waals surface area contributed by atoms with Gasteiger partial charge in [-0.1, -0.05) is 0 Å². The highest BCUT2D eigenvalue weighted by Crippen LogP contribution is 2.50. The third-order valence-electron chi connectivity index (χ3n) is 3.17. The Kier molecular flexibility index (Phi) is 1.81. The first-order chi connectivity index (χ1) is 7.59. The highest BCUT2D eigenvalue weighted by atomic mass is 19.3. The van der Waals surface area contributed by atoms with Gasteiger partial charge in [0.2, 0.25) is 5.91 Å². The number of hydrogen-bond acceptors (Lipinski definition) is 2. The number of carbonyl (C=O) groups is 1. The number of pyridine rings is 1. The molecule has 0 aromatic carbocycles. The molecule has 1 aromatic heterocycles. The molecular weight excluding hydrogens is 214 g/mol. The van der Waals surface area contributed by atoms with E-state index < -0.39 is 17.7 Å². The van der Waals surface area contributed by atoms with Crippen molar-refractivity contribution in [3.05, 3.63) is 24.0 Å². The molecule has 16 heavy (non-hydrogen) atoms. The maximum Gasteiger partial charge on any atom is 0.260 e. The monoisotopic (exact) mass is 224 g/mol. The minimum absolute atomic E-state index is 0.308. The van der Waals surface area contributed by atoms with E-state index in [1.165, 1.54) is 4.90 Å². The van der Waals surface area contributed by atoms with Crippen LogP contribution in [0.2, 0.25) is 0 Å². The summed E-state index contributed by atoms with van der Waals surface area (Å²) in [5, 5.41) is 0. The van der Waals surface area contributed by atoms with Gasteiger partial charge in [0.15, 0.2) is 0 Å². The van der Waals surface area contributed by atoms with Crippen molar-refractivity contribution in [3.63, 3.8) is 0 Å². The summed E-state index contributed by atoms with van der Waals surface area (Å²) < 4.78 is 25.6. The normalized spacial score (nSPS) is 25.4. The van der Waals surface area contributed by atoms with Crippen LogP contribution in [-0.2, 0) is 11.2 Å². The van der Waals surface area contributed by atoms with Crippen LogP contribution in [0.15, 0.2) is 18.5 Å². The van der Waals surface area contributed by atoms with Crippen LogP contribution in [0.3, 0.4) is 0 Å². The summed E-state index contributed by atoms with van der Waals surface area (Å²) in [5.41, 5.74) is 1.70. The summed E-state index contributed by atoms with van der Waals surface area (Å²) in [7, 11) is 0. The number of halogens is 2. The Morgan fingerprint density at radius 2 is 2.31 bits per heavy atom. The van der Waals surface area contributed by atoms with Crippen molar-refractivity contribution in [1.82, 2.24) is 4.98 Å². The van der Waals surface area contributed by atoms with E-state index in [2.05, 4.69) is 4.98 Å². The van der Waals surface area contributed by atoms with Gasteiger partial charge in [0.1, 0.15) is 5.92 Å². The Morgan fingerprint density at radius 1 is 1.56 bits per heavy atom. The van der Waals surface area contributed by atoms with Crippen LogP contribution in [0.25, 0.3) is 0 Å². The van der Waals surface area contributed by atoms with E-state index in [1.54, 1.807) is 12.4 Å². The van der Waals surface area contributed by atoms with Crippen molar-refractivity contribution in [2.75, 3.05) is 11.4 Å². The van der Waals surface area contributed by atoms with Gasteiger partial charge in [0, 0.05) is 19.2 Å². The zero-order chi connectivity index (χ0) is 11.3. The van der Waals surface area contributed by atoms with E-state index in [4.69, 9.17) is 0 Å². The fourth-order valence-corrected chi connectivity index (χ4v) is 2.12. The standard InChI is InChI=1S/C11H10F2N2O/c12-11(13)5-8(11)10(16)15-4-2-7-1-3-14-6-9(7)15/h1,3,6,8H,2,4-5H2. The quantitative estimate of drug-likeness (QED) is 0.726. The predicted octanol–water partition coefficient (Wildman–Crippen LogP) is 1.63. The van der Waals surface area contributed by atoms with Gasteiger partial charge in [-0.15, -0.1) is 0 Å². The SMILES string of the molecule is O=C(C1CC1(F)F)N1CCc2ccncc21. The molecular formula is C11H10F2N2O. The summed E-state index contributed by atoms with van der Waals surface area (Å²) in [5.74, 6) is -4.36. The number of aromatic nitrogens is 1. The average molecular weight is 224 g/mol. The third kappa shape index (κ3) is 1.31. The average Bonchev–Trinajstić information content (AvgIpc) is 2.74. The Balaban J connectivity index is 1.86. The predicted molar refractivity (Wildman–Crippen MR) is 53.3 cm³/mol. The number of alkyl halides is 2. The number of rotatable bonds is 1. The molecule has 3 nitrogen and oxygen atoms in total. The highest BCUT2D eigenvalue weighted by molar-refractivity contribution is 5.99. The summed E-state index contributed by atoms with van der Waals surface area (Å²) in [4.78, 5) is 17.2. The van der Waals surface area contributed by atoms with E-state index in [1.807, 2.05) is 6.07 Å². The lowest BCUT2D eigenvalue weighted by Crippen LogP contribution is -2.32.